The summed E-state index contributed by atoms with van der Waals surface area (Å²) in [4.78, 5) is 11.8. The van der Waals surface area contributed by atoms with Crippen molar-refractivity contribution in [1.29, 1.82) is 0 Å². The summed E-state index contributed by atoms with van der Waals surface area (Å²) in [6.45, 7) is 8.67. The van der Waals surface area contributed by atoms with E-state index in [1.165, 1.54) is 23.7 Å². The first-order valence-corrected chi connectivity index (χ1v) is 15.8. The number of unbranched alkanes of at least 4 members (excludes halogenated alkanes) is 3. The molecular weight excluding hydrogens is 635 g/mol. The van der Waals surface area contributed by atoms with E-state index in [0.29, 0.717) is 105 Å². The van der Waals surface area contributed by atoms with Crippen molar-refractivity contribution in [3.8, 4) is 0 Å². The lowest BCUT2D eigenvalue weighted by Crippen LogP contribution is -2.15. The molecule has 232 valence electrons. The fourth-order valence-electron chi connectivity index (χ4n) is 3.14. The van der Waals surface area contributed by atoms with Crippen molar-refractivity contribution in [2.45, 2.75) is 25.7 Å². The zero-order valence-corrected chi connectivity index (χ0v) is 26.1. The number of carbonyl (C=O) groups excluding carboxylic acids is 1. The van der Waals surface area contributed by atoms with E-state index in [-0.39, 0.29) is 12.6 Å². The van der Waals surface area contributed by atoms with Crippen LogP contribution in [0.1, 0.15) is 36.0 Å². The molecule has 0 aliphatic heterocycles. The summed E-state index contributed by atoms with van der Waals surface area (Å²) in [6.07, 6.45) is 4.97. The Hall–Kier alpha value is -0.900. The van der Waals surface area contributed by atoms with Crippen LogP contribution in [-0.4, -0.2) is 123 Å². The fourth-order valence-corrected chi connectivity index (χ4v) is 3.68. The minimum Gasteiger partial charge on any atom is -0.460 e. The van der Waals surface area contributed by atoms with Crippen molar-refractivity contribution in [2.75, 3.05) is 117 Å². The summed E-state index contributed by atoms with van der Waals surface area (Å²) >= 11 is 2.42. The Labute approximate surface area is 253 Å². The first kappa shape index (κ1) is 37.1. The van der Waals surface area contributed by atoms with Gasteiger partial charge in [-0.3, -0.25) is 0 Å². The van der Waals surface area contributed by atoms with Crippen molar-refractivity contribution in [2.24, 2.45) is 0 Å². The van der Waals surface area contributed by atoms with Gasteiger partial charge < -0.3 is 42.6 Å². The van der Waals surface area contributed by atoms with Crippen molar-refractivity contribution in [1.82, 2.24) is 0 Å². The highest BCUT2D eigenvalue weighted by molar-refractivity contribution is 14.1. The highest BCUT2D eigenvalue weighted by Gasteiger charge is 2.05. The quantitative estimate of drug-likeness (QED) is 0.0495. The number of rotatable bonds is 31. The van der Waals surface area contributed by atoms with Crippen LogP contribution in [0.3, 0.4) is 0 Å². The van der Waals surface area contributed by atoms with Gasteiger partial charge in [0.25, 0.3) is 0 Å². The monoisotopic (exact) mass is 684 g/mol. The number of ether oxygens (including phenoxy) is 9. The molecule has 0 atom stereocenters. The van der Waals surface area contributed by atoms with Gasteiger partial charge in [-0.25, -0.2) is 4.79 Å². The number of halogens is 1. The van der Waals surface area contributed by atoms with Crippen molar-refractivity contribution in [3.63, 3.8) is 0 Å². The zero-order chi connectivity index (χ0) is 28.6. The molecule has 0 fully saturated rings. The van der Waals surface area contributed by atoms with Crippen molar-refractivity contribution >= 4 is 28.6 Å². The smallest absolute Gasteiger partial charge is 0.338 e. The molecule has 0 unspecified atom stereocenters. The summed E-state index contributed by atoms with van der Waals surface area (Å²) in [7, 11) is 0. The summed E-state index contributed by atoms with van der Waals surface area (Å²) in [5.74, 6) is -0.350. The molecular formula is C29H49IO10. The maximum Gasteiger partial charge on any atom is 0.338 e. The van der Waals surface area contributed by atoms with Gasteiger partial charge in [0.15, 0.2) is 0 Å². The lowest BCUT2D eigenvalue weighted by molar-refractivity contribution is -0.0244. The van der Waals surface area contributed by atoms with Gasteiger partial charge in [-0.1, -0.05) is 53.6 Å². The lowest BCUT2D eigenvalue weighted by Gasteiger charge is -2.09. The second-order valence-electron chi connectivity index (χ2n) is 8.50. The van der Waals surface area contributed by atoms with Crippen molar-refractivity contribution < 1.29 is 47.4 Å². The Morgan fingerprint density at radius 2 is 0.800 bits per heavy atom. The van der Waals surface area contributed by atoms with Crippen LogP contribution in [0.5, 0.6) is 0 Å². The van der Waals surface area contributed by atoms with Gasteiger partial charge in [-0.15, -0.1) is 0 Å². The third-order valence-corrected chi connectivity index (χ3v) is 6.01. The van der Waals surface area contributed by atoms with Crippen LogP contribution in [0.15, 0.2) is 30.3 Å². The van der Waals surface area contributed by atoms with E-state index in [1.807, 2.05) is 6.07 Å². The minimum atomic E-state index is -0.350. The third-order valence-electron chi connectivity index (χ3n) is 5.25. The molecule has 0 aliphatic rings. The Morgan fingerprint density at radius 1 is 0.450 bits per heavy atom. The molecule has 1 aromatic carbocycles. The Bertz CT molecular complexity index is 653. The summed E-state index contributed by atoms with van der Waals surface area (Å²) < 4.78 is 50.1. The highest BCUT2D eigenvalue weighted by atomic mass is 127. The van der Waals surface area contributed by atoms with Crippen LogP contribution < -0.4 is 0 Å². The van der Waals surface area contributed by atoms with Crippen LogP contribution >= 0.6 is 22.6 Å². The molecule has 10 nitrogen and oxygen atoms in total. The first-order chi connectivity index (χ1) is 19.8. The van der Waals surface area contributed by atoms with E-state index in [9.17, 15) is 4.79 Å². The summed E-state index contributed by atoms with van der Waals surface area (Å²) in [6, 6.07) is 8.87. The Balaban J connectivity index is 1.65. The highest BCUT2D eigenvalue weighted by Crippen LogP contribution is 2.02. The topological polar surface area (TPSA) is 100 Å². The van der Waals surface area contributed by atoms with Crippen LogP contribution in [-0.2, 0) is 42.6 Å². The number of carbonyl (C=O) groups is 1. The number of alkyl halides is 1. The molecule has 0 saturated heterocycles. The summed E-state index contributed by atoms with van der Waals surface area (Å²) in [5.41, 5.74) is 0.531. The molecule has 1 aromatic rings. The van der Waals surface area contributed by atoms with Crippen LogP contribution in [0, 0.1) is 0 Å². The normalized spacial score (nSPS) is 11.2. The van der Waals surface area contributed by atoms with Gasteiger partial charge in [-0.05, 0) is 29.4 Å². The second-order valence-corrected chi connectivity index (χ2v) is 9.58. The van der Waals surface area contributed by atoms with Gasteiger partial charge in [-0.2, -0.15) is 0 Å². The van der Waals surface area contributed by atoms with E-state index in [0.717, 1.165) is 13.0 Å². The lowest BCUT2D eigenvalue weighted by atomic mass is 10.2. The van der Waals surface area contributed by atoms with Gasteiger partial charge in [0.2, 0.25) is 0 Å². The fraction of sp³-hybridized carbons (Fsp3) is 0.759. The molecule has 0 aromatic heterocycles. The Morgan fingerprint density at radius 3 is 1.20 bits per heavy atom. The third kappa shape index (κ3) is 26.0. The molecule has 0 N–H and O–H groups in total. The van der Waals surface area contributed by atoms with Crippen molar-refractivity contribution in [3.05, 3.63) is 35.9 Å². The van der Waals surface area contributed by atoms with Gasteiger partial charge in [0, 0.05) is 6.61 Å². The van der Waals surface area contributed by atoms with E-state index >= 15 is 0 Å². The standard InChI is InChI=1S/C29H49IO10/c30-10-6-1-2-7-11-32-12-13-33-14-15-34-16-17-35-18-19-36-20-21-37-22-23-38-24-25-39-26-27-40-29(31)28-8-4-3-5-9-28/h3-5,8-9H,1-2,6-7,10-27H2. The van der Waals surface area contributed by atoms with E-state index < -0.39 is 0 Å². The van der Waals surface area contributed by atoms with Gasteiger partial charge >= 0.3 is 5.97 Å². The molecule has 1 rings (SSSR count). The average Bonchev–Trinajstić information content (AvgIpc) is 2.98. The number of benzene rings is 1. The largest absolute Gasteiger partial charge is 0.460 e. The molecule has 0 heterocycles. The predicted molar refractivity (Wildman–Crippen MR) is 161 cm³/mol. The van der Waals surface area contributed by atoms with Gasteiger partial charge in [0.05, 0.1) is 105 Å². The number of hydrogen-bond donors (Lipinski definition) is 0. The van der Waals surface area contributed by atoms with E-state index in [4.69, 9.17) is 42.6 Å². The molecule has 0 aliphatic carbocycles. The number of hydrogen-bond acceptors (Lipinski definition) is 10. The predicted octanol–water partition coefficient (Wildman–Crippen LogP) is 3.97. The van der Waals surface area contributed by atoms with Crippen LogP contribution in [0.25, 0.3) is 0 Å². The molecule has 0 saturated carbocycles. The zero-order valence-electron chi connectivity index (χ0n) is 23.9. The minimum absolute atomic E-state index is 0.209. The van der Waals surface area contributed by atoms with E-state index in [1.54, 1.807) is 24.3 Å². The molecule has 0 spiro atoms. The molecule has 0 radical (unpaired) electrons. The second kappa shape index (κ2) is 31.0. The molecule has 40 heavy (non-hydrogen) atoms. The summed E-state index contributed by atoms with van der Waals surface area (Å²) in [5, 5.41) is 0. The number of esters is 1. The molecule has 11 heteroatoms. The SMILES string of the molecule is O=C(OCCOCCOCCOCCOCCOCCOCCOCCOCCCCCCI)c1ccccc1. The first-order valence-electron chi connectivity index (χ1n) is 14.2. The van der Waals surface area contributed by atoms with Crippen LogP contribution in [0.4, 0.5) is 0 Å². The maximum absolute atomic E-state index is 11.8. The van der Waals surface area contributed by atoms with E-state index in [2.05, 4.69) is 22.6 Å². The maximum atomic E-state index is 11.8. The molecule has 0 bridgehead atoms. The Kier molecular flexibility index (Phi) is 28.8. The van der Waals surface area contributed by atoms with Crippen LogP contribution in [0.2, 0.25) is 0 Å². The van der Waals surface area contributed by atoms with Gasteiger partial charge in [0.1, 0.15) is 6.61 Å². The molecule has 0 amide bonds. The average molecular weight is 685 g/mol.